The monoisotopic (exact) mass is 502 g/mol. The van der Waals surface area contributed by atoms with Gasteiger partial charge in [0.15, 0.2) is 18.1 Å². The van der Waals surface area contributed by atoms with E-state index in [1.807, 2.05) is 6.92 Å². The third-order valence-corrected chi connectivity index (χ3v) is 5.69. The Balaban J connectivity index is 1.23. The van der Waals surface area contributed by atoms with E-state index in [-0.39, 0.29) is 16.7 Å². The van der Waals surface area contributed by atoms with Gasteiger partial charge in [0.2, 0.25) is 0 Å². The number of nitrogens with one attached hydrogen (secondary N) is 1. The summed E-state index contributed by atoms with van der Waals surface area (Å²) in [4.78, 5) is 51.8. The molecule has 3 amide bonds. The van der Waals surface area contributed by atoms with Crippen molar-refractivity contribution in [3.8, 4) is 17.2 Å². The molecule has 0 bridgehead atoms. The van der Waals surface area contributed by atoms with Gasteiger partial charge in [-0.3, -0.25) is 14.4 Å². The largest absolute Gasteiger partial charge is 0.494 e. The van der Waals surface area contributed by atoms with Crippen molar-refractivity contribution in [1.82, 2.24) is 0 Å². The van der Waals surface area contributed by atoms with Crippen molar-refractivity contribution < 1.29 is 38.1 Å². The summed E-state index contributed by atoms with van der Waals surface area (Å²) in [7, 11) is 0. The smallest absolute Gasteiger partial charge is 0.338 e. The van der Waals surface area contributed by atoms with E-state index in [1.54, 1.807) is 42.5 Å². The van der Waals surface area contributed by atoms with E-state index in [1.165, 1.54) is 18.2 Å². The summed E-state index contributed by atoms with van der Waals surface area (Å²) in [6.07, 6.45) is 0. The maximum absolute atomic E-state index is 13.0. The first-order valence-electron chi connectivity index (χ1n) is 11.6. The molecule has 37 heavy (non-hydrogen) atoms. The van der Waals surface area contributed by atoms with Crippen molar-refractivity contribution in [2.24, 2.45) is 0 Å². The Hall–Kier alpha value is -4.86. The number of benzene rings is 3. The zero-order valence-corrected chi connectivity index (χ0v) is 19.8. The lowest BCUT2D eigenvalue weighted by Gasteiger charge is -2.19. The Morgan fingerprint density at radius 2 is 1.62 bits per heavy atom. The summed E-state index contributed by atoms with van der Waals surface area (Å²) < 4.78 is 21.4. The molecular formula is C27H22N2O8. The van der Waals surface area contributed by atoms with Gasteiger partial charge in [-0.05, 0) is 61.5 Å². The first-order chi connectivity index (χ1) is 17.9. The number of rotatable bonds is 7. The molecule has 10 nitrogen and oxygen atoms in total. The second kappa shape index (κ2) is 10.0. The lowest BCUT2D eigenvalue weighted by atomic mass is 10.1. The summed E-state index contributed by atoms with van der Waals surface area (Å²) >= 11 is 0. The number of fused-ring (bicyclic) bond motifs is 2. The number of esters is 1. The zero-order chi connectivity index (χ0) is 25.9. The molecule has 0 atom stereocenters. The van der Waals surface area contributed by atoms with Gasteiger partial charge in [0.25, 0.3) is 17.7 Å². The van der Waals surface area contributed by atoms with Gasteiger partial charge in [-0.15, -0.1) is 0 Å². The van der Waals surface area contributed by atoms with Gasteiger partial charge in [0, 0.05) is 11.8 Å². The SMILES string of the molecule is CCOc1ccc(N2C(=O)c3ccc(C(=O)OCC(=O)Nc4ccc5c(c4)OCCO5)cc3C2=O)cc1. The Bertz CT molecular complexity index is 1400. The van der Waals surface area contributed by atoms with Crippen LogP contribution in [0.4, 0.5) is 11.4 Å². The van der Waals surface area contributed by atoms with E-state index in [2.05, 4.69) is 5.32 Å². The second-order valence-corrected chi connectivity index (χ2v) is 8.12. The Labute approximate surface area is 211 Å². The Kier molecular flexibility index (Phi) is 6.46. The van der Waals surface area contributed by atoms with Crippen LogP contribution < -0.4 is 24.4 Å². The number of ether oxygens (including phenoxy) is 4. The van der Waals surface area contributed by atoms with Crippen LogP contribution in [0.5, 0.6) is 17.2 Å². The molecule has 5 rings (SSSR count). The fourth-order valence-electron chi connectivity index (χ4n) is 3.99. The molecule has 188 valence electrons. The summed E-state index contributed by atoms with van der Waals surface area (Å²) in [5, 5.41) is 2.62. The quantitative estimate of drug-likeness (QED) is 0.385. The van der Waals surface area contributed by atoms with E-state index in [0.717, 1.165) is 4.90 Å². The number of nitrogens with zero attached hydrogens (tertiary/aromatic N) is 1. The number of hydrogen-bond donors (Lipinski definition) is 1. The molecule has 3 aromatic carbocycles. The molecule has 1 N–H and O–H groups in total. The van der Waals surface area contributed by atoms with Crippen molar-refractivity contribution in [2.75, 3.05) is 36.6 Å². The van der Waals surface area contributed by atoms with Gasteiger partial charge in [0.05, 0.1) is 29.0 Å². The molecule has 0 unspecified atom stereocenters. The van der Waals surface area contributed by atoms with E-state index < -0.39 is 30.3 Å². The minimum Gasteiger partial charge on any atom is -0.494 e. The van der Waals surface area contributed by atoms with E-state index in [9.17, 15) is 19.2 Å². The predicted octanol–water partition coefficient (Wildman–Crippen LogP) is 3.45. The van der Waals surface area contributed by atoms with Gasteiger partial charge < -0.3 is 24.3 Å². The van der Waals surface area contributed by atoms with Crippen LogP contribution in [0.1, 0.15) is 38.0 Å². The summed E-state index contributed by atoms with van der Waals surface area (Å²) in [6.45, 7) is 2.67. The lowest BCUT2D eigenvalue weighted by Crippen LogP contribution is -2.29. The molecule has 0 aliphatic carbocycles. The standard InChI is InChI=1S/C27H22N2O8/c1-2-34-19-7-5-18(6-8-19)29-25(31)20-9-3-16(13-21(20)26(29)32)27(33)37-15-24(30)28-17-4-10-22-23(14-17)36-12-11-35-22/h3-10,13-14H,2,11-12,15H2,1H3,(H,28,30). The fraction of sp³-hybridized carbons (Fsp3) is 0.185. The van der Waals surface area contributed by atoms with Crippen LogP contribution in [0, 0.1) is 0 Å². The maximum atomic E-state index is 13.0. The molecule has 0 spiro atoms. The van der Waals surface area contributed by atoms with Gasteiger partial charge in [0.1, 0.15) is 19.0 Å². The zero-order valence-electron chi connectivity index (χ0n) is 19.8. The first kappa shape index (κ1) is 23.9. The molecule has 10 heteroatoms. The van der Waals surface area contributed by atoms with Crippen LogP contribution in [-0.2, 0) is 9.53 Å². The lowest BCUT2D eigenvalue weighted by molar-refractivity contribution is -0.119. The van der Waals surface area contributed by atoms with Crippen molar-refractivity contribution in [2.45, 2.75) is 6.92 Å². The third-order valence-electron chi connectivity index (χ3n) is 5.69. The molecule has 0 saturated carbocycles. The second-order valence-electron chi connectivity index (χ2n) is 8.12. The van der Waals surface area contributed by atoms with Gasteiger partial charge in [-0.2, -0.15) is 0 Å². The highest BCUT2D eigenvalue weighted by Crippen LogP contribution is 2.33. The van der Waals surface area contributed by atoms with E-state index in [0.29, 0.717) is 48.4 Å². The molecule has 2 heterocycles. The number of anilines is 2. The highest BCUT2D eigenvalue weighted by atomic mass is 16.6. The van der Waals surface area contributed by atoms with Crippen molar-refractivity contribution in [3.63, 3.8) is 0 Å². The normalized spacial score (nSPS) is 13.7. The van der Waals surface area contributed by atoms with Crippen molar-refractivity contribution in [1.29, 1.82) is 0 Å². The molecular weight excluding hydrogens is 480 g/mol. The summed E-state index contributed by atoms with van der Waals surface area (Å²) in [6, 6.07) is 15.6. The van der Waals surface area contributed by atoms with Crippen LogP contribution in [0.15, 0.2) is 60.7 Å². The van der Waals surface area contributed by atoms with Crippen LogP contribution in [0.2, 0.25) is 0 Å². The first-order valence-corrected chi connectivity index (χ1v) is 11.6. The molecule has 0 aromatic heterocycles. The average molecular weight is 502 g/mol. The number of imide groups is 1. The van der Waals surface area contributed by atoms with Crippen LogP contribution in [-0.4, -0.2) is 50.1 Å². The van der Waals surface area contributed by atoms with Crippen molar-refractivity contribution in [3.05, 3.63) is 77.4 Å². The van der Waals surface area contributed by atoms with Crippen LogP contribution in [0.25, 0.3) is 0 Å². The molecule has 0 saturated heterocycles. The molecule has 0 fully saturated rings. The average Bonchev–Trinajstić information content (AvgIpc) is 3.17. The predicted molar refractivity (Wildman–Crippen MR) is 132 cm³/mol. The Morgan fingerprint density at radius 1 is 0.892 bits per heavy atom. The van der Waals surface area contributed by atoms with Gasteiger partial charge in [-0.1, -0.05) is 0 Å². The minimum atomic E-state index is -0.806. The van der Waals surface area contributed by atoms with Crippen LogP contribution >= 0.6 is 0 Å². The number of amides is 3. The number of carbonyl (C=O) groups is 4. The van der Waals surface area contributed by atoms with Crippen molar-refractivity contribution >= 4 is 35.1 Å². The van der Waals surface area contributed by atoms with Gasteiger partial charge in [-0.25, -0.2) is 9.69 Å². The third kappa shape index (κ3) is 4.81. The molecule has 2 aliphatic heterocycles. The fourth-order valence-corrected chi connectivity index (χ4v) is 3.99. The summed E-state index contributed by atoms with van der Waals surface area (Å²) in [5.74, 6) is -0.706. The number of hydrogen-bond acceptors (Lipinski definition) is 8. The summed E-state index contributed by atoms with van der Waals surface area (Å²) in [5.41, 5.74) is 1.14. The maximum Gasteiger partial charge on any atom is 0.338 e. The van der Waals surface area contributed by atoms with E-state index in [4.69, 9.17) is 18.9 Å². The highest BCUT2D eigenvalue weighted by Gasteiger charge is 2.37. The molecule has 3 aromatic rings. The molecule has 2 aliphatic rings. The minimum absolute atomic E-state index is 0.0422. The molecule has 0 radical (unpaired) electrons. The highest BCUT2D eigenvalue weighted by molar-refractivity contribution is 6.34. The van der Waals surface area contributed by atoms with E-state index >= 15 is 0 Å². The van der Waals surface area contributed by atoms with Gasteiger partial charge >= 0.3 is 5.97 Å². The topological polar surface area (TPSA) is 120 Å². The number of carbonyl (C=O) groups excluding carboxylic acids is 4. The van der Waals surface area contributed by atoms with Crippen LogP contribution in [0.3, 0.4) is 0 Å². The Morgan fingerprint density at radius 3 is 2.38 bits per heavy atom.